The average molecular weight is 205 g/mol. The van der Waals surface area contributed by atoms with E-state index in [4.69, 9.17) is 0 Å². The summed E-state index contributed by atoms with van der Waals surface area (Å²) in [6.07, 6.45) is 1.23. The van der Waals surface area contributed by atoms with Crippen LogP contribution >= 0.6 is 11.8 Å². The number of hydrogen-bond acceptors (Lipinski definition) is 2. The Bertz CT molecular complexity index is 361. The van der Waals surface area contributed by atoms with Gasteiger partial charge in [-0.15, -0.1) is 11.8 Å². The molecule has 14 heavy (non-hydrogen) atoms. The second-order valence-electron chi connectivity index (χ2n) is 4.35. The highest BCUT2D eigenvalue weighted by Gasteiger charge is 2.28. The van der Waals surface area contributed by atoms with Crippen molar-refractivity contribution in [1.29, 1.82) is 0 Å². The highest BCUT2D eigenvalue weighted by molar-refractivity contribution is 7.99. The Morgan fingerprint density at radius 3 is 3.29 bits per heavy atom. The van der Waals surface area contributed by atoms with Gasteiger partial charge in [0.15, 0.2) is 0 Å². The van der Waals surface area contributed by atoms with Crippen LogP contribution in [-0.2, 0) is 6.42 Å². The molecule has 1 aromatic rings. The van der Waals surface area contributed by atoms with Crippen LogP contribution in [0.4, 0.5) is 0 Å². The normalized spacial score (nSPS) is 25.9. The van der Waals surface area contributed by atoms with E-state index >= 15 is 0 Å². The second kappa shape index (κ2) is 3.28. The molecule has 2 aliphatic rings. The number of benzene rings is 1. The predicted octanol–water partition coefficient (Wildman–Crippen LogP) is 2.36. The molecule has 2 heterocycles. The average Bonchev–Trinajstić information content (AvgIpc) is 2.51. The summed E-state index contributed by atoms with van der Waals surface area (Å²) in [6, 6.07) is 6.82. The maximum Gasteiger partial charge on any atom is 0.0111 e. The Hall–Kier alpha value is -0.470. The Kier molecular flexibility index (Phi) is 2.06. The molecule has 0 spiro atoms. The minimum Gasteiger partial charge on any atom is -0.305 e. The molecular formula is C12H15NS. The minimum atomic E-state index is 0.790. The molecule has 0 N–H and O–H groups in total. The van der Waals surface area contributed by atoms with Gasteiger partial charge in [0.05, 0.1) is 0 Å². The standard InChI is InChI=1S/C12H15NS/c1-13-6-5-9-3-2-4-11-12(9)10(7-13)8-14-11/h2-4,10H,5-8H2,1H3. The van der Waals surface area contributed by atoms with Gasteiger partial charge in [-0.2, -0.15) is 0 Å². The zero-order valence-electron chi connectivity index (χ0n) is 8.49. The number of hydrogen-bond donors (Lipinski definition) is 0. The molecule has 1 atom stereocenters. The van der Waals surface area contributed by atoms with Crippen LogP contribution in [0.2, 0.25) is 0 Å². The molecule has 0 amide bonds. The lowest BCUT2D eigenvalue weighted by Crippen LogP contribution is -2.23. The van der Waals surface area contributed by atoms with Gasteiger partial charge < -0.3 is 4.90 Å². The third-order valence-corrected chi connectivity index (χ3v) is 4.54. The predicted molar refractivity (Wildman–Crippen MR) is 61.1 cm³/mol. The van der Waals surface area contributed by atoms with Crippen LogP contribution < -0.4 is 0 Å². The number of thioether (sulfide) groups is 1. The molecule has 1 unspecified atom stereocenters. The first-order valence-electron chi connectivity index (χ1n) is 5.28. The molecular weight excluding hydrogens is 190 g/mol. The molecule has 0 aliphatic carbocycles. The number of nitrogens with zero attached hydrogens (tertiary/aromatic N) is 1. The second-order valence-corrected chi connectivity index (χ2v) is 5.41. The van der Waals surface area contributed by atoms with Crippen molar-refractivity contribution >= 4 is 11.8 Å². The summed E-state index contributed by atoms with van der Waals surface area (Å²) >= 11 is 2.04. The van der Waals surface area contributed by atoms with Gasteiger partial charge >= 0.3 is 0 Å². The largest absolute Gasteiger partial charge is 0.305 e. The number of likely N-dealkylation sites (N-methyl/N-ethyl adjacent to an activating group) is 1. The molecule has 0 radical (unpaired) electrons. The summed E-state index contributed by atoms with van der Waals surface area (Å²) in [6.45, 7) is 2.47. The van der Waals surface area contributed by atoms with Gasteiger partial charge in [0.1, 0.15) is 0 Å². The first-order chi connectivity index (χ1) is 6.84. The van der Waals surface area contributed by atoms with Gasteiger partial charge in [-0.25, -0.2) is 0 Å². The van der Waals surface area contributed by atoms with Crippen molar-refractivity contribution in [2.75, 3.05) is 25.9 Å². The quantitative estimate of drug-likeness (QED) is 0.639. The summed E-state index contributed by atoms with van der Waals surface area (Å²) in [7, 11) is 2.24. The molecule has 2 aliphatic heterocycles. The SMILES string of the molecule is CN1CCc2cccc3c2C(CS3)C1. The van der Waals surface area contributed by atoms with Crippen molar-refractivity contribution in [1.82, 2.24) is 4.90 Å². The van der Waals surface area contributed by atoms with E-state index in [1.807, 2.05) is 11.8 Å². The Morgan fingerprint density at radius 1 is 1.43 bits per heavy atom. The van der Waals surface area contributed by atoms with Crippen molar-refractivity contribution in [3.8, 4) is 0 Å². The van der Waals surface area contributed by atoms with Crippen molar-refractivity contribution in [2.45, 2.75) is 17.2 Å². The summed E-state index contributed by atoms with van der Waals surface area (Å²) in [5.41, 5.74) is 3.27. The van der Waals surface area contributed by atoms with Crippen molar-refractivity contribution in [3.05, 3.63) is 29.3 Å². The van der Waals surface area contributed by atoms with Crippen LogP contribution in [0.15, 0.2) is 23.1 Å². The van der Waals surface area contributed by atoms with Gasteiger partial charge in [-0.05, 0) is 30.7 Å². The summed E-state index contributed by atoms with van der Waals surface area (Å²) in [5, 5.41) is 0. The zero-order chi connectivity index (χ0) is 9.54. The van der Waals surface area contributed by atoms with E-state index in [1.54, 1.807) is 16.0 Å². The molecule has 0 bridgehead atoms. The zero-order valence-corrected chi connectivity index (χ0v) is 9.31. The van der Waals surface area contributed by atoms with Crippen LogP contribution in [0.1, 0.15) is 17.0 Å². The molecule has 0 saturated heterocycles. The third kappa shape index (κ3) is 1.29. The third-order valence-electron chi connectivity index (χ3n) is 3.30. The van der Waals surface area contributed by atoms with Gasteiger partial charge in [0.2, 0.25) is 0 Å². The van der Waals surface area contributed by atoms with E-state index < -0.39 is 0 Å². The topological polar surface area (TPSA) is 3.24 Å². The van der Waals surface area contributed by atoms with Crippen molar-refractivity contribution in [3.63, 3.8) is 0 Å². The molecule has 0 saturated carbocycles. The van der Waals surface area contributed by atoms with Gasteiger partial charge in [0, 0.05) is 29.7 Å². The van der Waals surface area contributed by atoms with Crippen molar-refractivity contribution < 1.29 is 0 Å². The lowest BCUT2D eigenvalue weighted by atomic mass is 9.96. The summed E-state index contributed by atoms with van der Waals surface area (Å²) in [5.74, 6) is 2.08. The molecule has 2 heteroatoms. The minimum absolute atomic E-state index is 0.790. The van der Waals surface area contributed by atoms with Gasteiger partial charge in [-0.3, -0.25) is 0 Å². The first kappa shape index (κ1) is 8.81. The summed E-state index contributed by atoms with van der Waals surface area (Å²) in [4.78, 5) is 4.02. The van der Waals surface area contributed by atoms with Crippen LogP contribution in [0.25, 0.3) is 0 Å². The fraction of sp³-hybridized carbons (Fsp3) is 0.500. The van der Waals surface area contributed by atoms with E-state index in [0.717, 1.165) is 5.92 Å². The fourth-order valence-electron chi connectivity index (χ4n) is 2.59. The number of rotatable bonds is 0. The highest BCUT2D eigenvalue weighted by Crippen LogP contribution is 2.42. The molecule has 1 nitrogen and oxygen atoms in total. The van der Waals surface area contributed by atoms with Crippen LogP contribution in [-0.4, -0.2) is 30.8 Å². The van der Waals surface area contributed by atoms with Gasteiger partial charge in [-0.1, -0.05) is 12.1 Å². The van der Waals surface area contributed by atoms with Gasteiger partial charge in [0.25, 0.3) is 0 Å². The fourth-order valence-corrected chi connectivity index (χ4v) is 3.87. The molecule has 74 valence electrons. The van der Waals surface area contributed by atoms with Crippen molar-refractivity contribution in [2.24, 2.45) is 0 Å². The first-order valence-corrected chi connectivity index (χ1v) is 6.26. The maximum absolute atomic E-state index is 2.47. The van der Waals surface area contributed by atoms with E-state index in [9.17, 15) is 0 Å². The smallest absolute Gasteiger partial charge is 0.0111 e. The van der Waals surface area contributed by atoms with Crippen LogP contribution in [0.5, 0.6) is 0 Å². The lowest BCUT2D eigenvalue weighted by Gasteiger charge is -2.16. The Labute approximate surface area is 89.5 Å². The van der Waals surface area contributed by atoms with E-state index in [-0.39, 0.29) is 0 Å². The molecule has 1 aromatic carbocycles. The van der Waals surface area contributed by atoms with Crippen LogP contribution in [0, 0.1) is 0 Å². The van der Waals surface area contributed by atoms with E-state index in [2.05, 4.69) is 30.1 Å². The Morgan fingerprint density at radius 2 is 2.36 bits per heavy atom. The molecule has 0 fully saturated rings. The maximum atomic E-state index is 2.47. The molecule has 3 rings (SSSR count). The lowest BCUT2D eigenvalue weighted by molar-refractivity contribution is 0.334. The summed E-state index contributed by atoms with van der Waals surface area (Å²) < 4.78 is 0. The molecule has 0 aromatic heterocycles. The highest BCUT2D eigenvalue weighted by atomic mass is 32.2. The van der Waals surface area contributed by atoms with Crippen LogP contribution in [0.3, 0.4) is 0 Å². The Balaban J connectivity index is 2.10. The van der Waals surface area contributed by atoms with E-state index in [1.165, 1.54) is 25.3 Å². The monoisotopic (exact) mass is 205 g/mol. The van der Waals surface area contributed by atoms with E-state index in [0.29, 0.717) is 0 Å².